The van der Waals surface area contributed by atoms with Gasteiger partial charge in [0.25, 0.3) is 0 Å². The molecule has 6 heteroatoms. The average molecular weight is 350 g/mol. The average Bonchev–Trinajstić information content (AvgIpc) is 2.76. The van der Waals surface area contributed by atoms with Gasteiger partial charge < -0.3 is 0 Å². The molecule has 0 bridgehead atoms. The Bertz CT molecular complexity index is 734. The largest absolute Gasteiger partial charge is 0.222 e. The van der Waals surface area contributed by atoms with Gasteiger partial charge in [-0.05, 0) is 19.4 Å². The van der Waals surface area contributed by atoms with Crippen LogP contribution in [0.25, 0.3) is 0 Å². The lowest BCUT2D eigenvalue weighted by Crippen LogP contribution is -2.68. The number of para-hydroxylation sites is 1. The van der Waals surface area contributed by atoms with Crippen molar-refractivity contribution in [3.8, 4) is 0 Å². The highest BCUT2D eigenvalue weighted by Crippen LogP contribution is 2.43. The van der Waals surface area contributed by atoms with Crippen molar-refractivity contribution in [2.75, 3.05) is 6.54 Å². The maximum absolute atomic E-state index is 8.49. The van der Waals surface area contributed by atoms with Crippen molar-refractivity contribution in [1.82, 2.24) is 0 Å². The fourth-order valence-electron chi connectivity index (χ4n) is 3.32. The van der Waals surface area contributed by atoms with Crippen molar-refractivity contribution in [1.29, 1.82) is 0 Å². The lowest BCUT2D eigenvalue weighted by atomic mass is 9.74. The SMILES string of the molecule is CC[N+]1=C(C)C(C)(c2ccccc2)c2ccccc21.[O-][Cl+3]([O-])([O-])[O-]. The summed E-state index contributed by atoms with van der Waals surface area (Å²) in [5.41, 5.74) is 5.56. The summed E-state index contributed by atoms with van der Waals surface area (Å²) in [5.74, 6) is 0. The molecule has 1 unspecified atom stereocenters. The first-order valence-corrected chi connectivity index (χ1v) is 8.81. The van der Waals surface area contributed by atoms with E-state index in [4.69, 9.17) is 18.6 Å². The highest BCUT2D eigenvalue weighted by atomic mass is 35.7. The molecule has 1 aliphatic rings. The van der Waals surface area contributed by atoms with Gasteiger partial charge in [-0.3, -0.25) is 0 Å². The lowest BCUT2D eigenvalue weighted by Gasteiger charge is -2.22. The predicted molar refractivity (Wildman–Crippen MR) is 80.5 cm³/mol. The van der Waals surface area contributed by atoms with Crippen molar-refractivity contribution in [2.45, 2.75) is 26.2 Å². The van der Waals surface area contributed by atoms with Gasteiger partial charge in [0, 0.05) is 18.6 Å². The zero-order valence-electron chi connectivity index (χ0n) is 13.9. The van der Waals surface area contributed by atoms with Crippen LogP contribution < -0.4 is 18.6 Å². The van der Waals surface area contributed by atoms with Gasteiger partial charge in [0.05, 0.1) is 0 Å². The molecule has 0 amide bonds. The highest BCUT2D eigenvalue weighted by molar-refractivity contribution is 5.97. The van der Waals surface area contributed by atoms with Crippen LogP contribution in [0, 0.1) is 10.2 Å². The smallest absolute Gasteiger partial charge is 0.209 e. The predicted octanol–water partition coefficient (Wildman–Crippen LogP) is -0.625. The topological polar surface area (TPSA) is 95.2 Å². The Labute approximate surface area is 143 Å². The lowest BCUT2D eigenvalue weighted by molar-refractivity contribution is -2.00. The number of nitrogens with zero attached hydrogens (tertiary/aromatic N) is 1. The van der Waals surface area contributed by atoms with Crippen LogP contribution in [0.3, 0.4) is 0 Å². The van der Waals surface area contributed by atoms with E-state index in [9.17, 15) is 0 Å². The molecule has 0 N–H and O–H groups in total. The zero-order chi connectivity index (χ0) is 18.0. The van der Waals surface area contributed by atoms with E-state index in [-0.39, 0.29) is 5.41 Å². The van der Waals surface area contributed by atoms with E-state index in [0.717, 1.165) is 6.54 Å². The van der Waals surface area contributed by atoms with E-state index in [1.54, 1.807) is 0 Å². The van der Waals surface area contributed by atoms with Gasteiger partial charge >= 0.3 is 0 Å². The molecule has 1 aliphatic heterocycles. The minimum absolute atomic E-state index is 0.00609. The van der Waals surface area contributed by atoms with Crippen LogP contribution in [0.4, 0.5) is 5.69 Å². The van der Waals surface area contributed by atoms with E-state index >= 15 is 0 Å². The van der Waals surface area contributed by atoms with Crippen LogP contribution in [0.1, 0.15) is 31.9 Å². The molecule has 2 aromatic carbocycles. The molecule has 0 fully saturated rings. The van der Waals surface area contributed by atoms with Crippen LogP contribution in [-0.2, 0) is 5.41 Å². The summed E-state index contributed by atoms with van der Waals surface area (Å²) >= 11 is 0. The van der Waals surface area contributed by atoms with Crippen molar-refractivity contribution < 1.29 is 33.5 Å². The summed E-state index contributed by atoms with van der Waals surface area (Å²) < 4.78 is 36.4. The van der Waals surface area contributed by atoms with Gasteiger partial charge in [-0.2, -0.15) is 4.58 Å². The van der Waals surface area contributed by atoms with Crippen LogP contribution in [0.2, 0.25) is 0 Å². The Morgan fingerprint density at radius 3 is 1.96 bits per heavy atom. The molecule has 2 aromatic rings. The molecule has 0 saturated heterocycles. The second-order valence-electron chi connectivity index (χ2n) is 5.72. The second-order valence-corrected chi connectivity index (χ2v) is 6.47. The molecule has 3 rings (SSSR count). The summed E-state index contributed by atoms with van der Waals surface area (Å²) in [6.45, 7) is 7.84. The van der Waals surface area contributed by atoms with Crippen molar-refractivity contribution in [3.63, 3.8) is 0 Å². The van der Waals surface area contributed by atoms with Gasteiger partial charge in [-0.25, -0.2) is 18.6 Å². The Morgan fingerprint density at radius 2 is 1.42 bits per heavy atom. The minimum Gasteiger partial charge on any atom is -0.222 e. The number of rotatable bonds is 2. The fourth-order valence-corrected chi connectivity index (χ4v) is 3.32. The highest BCUT2D eigenvalue weighted by Gasteiger charge is 2.46. The molecule has 0 aliphatic carbocycles. The fraction of sp³-hybridized carbons (Fsp3) is 0.278. The van der Waals surface area contributed by atoms with E-state index in [0.29, 0.717) is 0 Å². The number of fused-ring (bicyclic) bond motifs is 1. The summed E-state index contributed by atoms with van der Waals surface area (Å²) in [6.07, 6.45) is 0. The second kappa shape index (κ2) is 7.01. The molecule has 1 atom stereocenters. The number of hydrogen-bond donors (Lipinski definition) is 0. The van der Waals surface area contributed by atoms with Crippen LogP contribution in [0.5, 0.6) is 0 Å². The zero-order valence-corrected chi connectivity index (χ0v) is 14.6. The minimum atomic E-state index is -4.94. The number of halogens is 1. The first-order chi connectivity index (χ1) is 11.2. The molecule has 0 saturated carbocycles. The first kappa shape index (κ1) is 18.6. The molecule has 128 valence electrons. The van der Waals surface area contributed by atoms with Gasteiger partial charge in [0.2, 0.25) is 5.69 Å². The third-order valence-corrected chi connectivity index (χ3v) is 4.53. The van der Waals surface area contributed by atoms with Crippen molar-refractivity contribution >= 4 is 11.4 Å². The van der Waals surface area contributed by atoms with E-state index in [1.165, 1.54) is 22.5 Å². The Kier molecular flexibility index (Phi) is 5.42. The Hall–Kier alpha value is -1.76. The van der Waals surface area contributed by atoms with E-state index in [1.807, 2.05) is 0 Å². The van der Waals surface area contributed by atoms with Gasteiger partial charge in [-0.15, -0.1) is 10.2 Å². The third-order valence-electron chi connectivity index (χ3n) is 4.53. The summed E-state index contributed by atoms with van der Waals surface area (Å²) in [4.78, 5) is 0. The molecule has 0 aromatic heterocycles. The molecular weight excluding hydrogens is 330 g/mol. The first-order valence-electron chi connectivity index (χ1n) is 7.58. The maximum Gasteiger partial charge on any atom is 0.209 e. The maximum atomic E-state index is 8.49. The van der Waals surface area contributed by atoms with Gasteiger partial charge in [-0.1, -0.05) is 48.5 Å². The van der Waals surface area contributed by atoms with Crippen molar-refractivity contribution in [2.24, 2.45) is 0 Å². The van der Waals surface area contributed by atoms with Gasteiger partial charge in [0.15, 0.2) is 5.71 Å². The molecular formula is C18H20ClNO4. The Balaban J connectivity index is 0.000000368. The van der Waals surface area contributed by atoms with E-state index in [2.05, 4.69) is 79.9 Å². The van der Waals surface area contributed by atoms with Crippen molar-refractivity contribution in [3.05, 3.63) is 65.7 Å². The number of benzene rings is 2. The normalized spacial score (nSPS) is 19.6. The van der Waals surface area contributed by atoms with Crippen LogP contribution in [-0.4, -0.2) is 16.8 Å². The Morgan fingerprint density at radius 1 is 0.917 bits per heavy atom. The van der Waals surface area contributed by atoms with Gasteiger partial charge in [0.1, 0.15) is 12.0 Å². The molecule has 0 spiro atoms. The third kappa shape index (κ3) is 3.66. The van der Waals surface area contributed by atoms with Crippen LogP contribution >= 0.6 is 0 Å². The molecule has 1 heterocycles. The van der Waals surface area contributed by atoms with Crippen LogP contribution in [0.15, 0.2) is 54.6 Å². The standard InChI is InChI=1S/C18H20N.ClHO4/c1-4-19-14(2)18(3,15-10-6-5-7-11-15)16-12-8-9-13-17(16)19;2-1(3,4)5/h5-13H,4H2,1-3H3;(H,2,3,4,5)/q+1;/p-1. The quantitative estimate of drug-likeness (QED) is 0.675. The summed E-state index contributed by atoms with van der Waals surface area (Å²) in [5, 5.41) is 0. The molecule has 24 heavy (non-hydrogen) atoms. The summed E-state index contributed by atoms with van der Waals surface area (Å²) in [6, 6.07) is 19.6. The monoisotopic (exact) mass is 349 g/mol. The molecule has 5 nitrogen and oxygen atoms in total. The van der Waals surface area contributed by atoms with E-state index < -0.39 is 10.2 Å². The molecule has 0 radical (unpaired) electrons. The number of hydrogen-bond acceptors (Lipinski definition) is 4. The summed E-state index contributed by atoms with van der Waals surface area (Å²) in [7, 11) is -4.94.